The summed E-state index contributed by atoms with van der Waals surface area (Å²) in [5.74, 6) is 2.05. The maximum absolute atomic E-state index is 12.6. The summed E-state index contributed by atoms with van der Waals surface area (Å²) in [5, 5.41) is 0. The zero-order chi connectivity index (χ0) is 12.6. The number of hydrogen-bond acceptors (Lipinski definition) is 1. The van der Waals surface area contributed by atoms with Crippen molar-refractivity contribution in [1.82, 2.24) is 4.90 Å². The standard InChI is InChI=1S/C15H27NO/c1-10(2)8-11(3)15(17)16-12(4)9-13-6-5-7-14(13)16/h10-14H,5-9H2,1-4H3/t11?,12-,13?,14?/m1/s1. The Labute approximate surface area is 106 Å². The van der Waals surface area contributed by atoms with Crippen molar-refractivity contribution in [2.45, 2.75) is 71.9 Å². The first-order valence-corrected chi connectivity index (χ1v) is 7.33. The van der Waals surface area contributed by atoms with Gasteiger partial charge in [0.1, 0.15) is 0 Å². The zero-order valence-corrected chi connectivity index (χ0v) is 11.8. The van der Waals surface area contributed by atoms with Crippen LogP contribution in [0.4, 0.5) is 0 Å². The molecule has 2 nitrogen and oxygen atoms in total. The fraction of sp³-hybridized carbons (Fsp3) is 0.933. The first-order valence-electron chi connectivity index (χ1n) is 7.33. The van der Waals surface area contributed by atoms with E-state index < -0.39 is 0 Å². The van der Waals surface area contributed by atoms with Crippen molar-refractivity contribution in [1.29, 1.82) is 0 Å². The molecular weight excluding hydrogens is 210 g/mol. The molecule has 17 heavy (non-hydrogen) atoms. The minimum absolute atomic E-state index is 0.205. The predicted molar refractivity (Wildman–Crippen MR) is 70.7 cm³/mol. The van der Waals surface area contributed by atoms with Crippen molar-refractivity contribution >= 4 is 5.91 Å². The molecular formula is C15H27NO. The topological polar surface area (TPSA) is 20.3 Å². The molecule has 2 aliphatic rings. The molecule has 3 unspecified atom stereocenters. The summed E-state index contributed by atoms with van der Waals surface area (Å²) in [6.07, 6.45) is 6.18. The van der Waals surface area contributed by atoms with Crippen molar-refractivity contribution in [3.05, 3.63) is 0 Å². The fourth-order valence-corrected chi connectivity index (χ4v) is 3.98. The second kappa shape index (κ2) is 4.99. The third-order valence-corrected chi connectivity index (χ3v) is 4.60. The minimum Gasteiger partial charge on any atom is -0.336 e. The highest BCUT2D eigenvalue weighted by Crippen LogP contribution is 2.41. The van der Waals surface area contributed by atoms with Gasteiger partial charge in [0.2, 0.25) is 5.91 Å². The Balaban J connectivity index is 2.02. The third-order valence-electron chi connectivity index (χ3n) is 4.60. The average Bonchev–Trinajstić information content (AvgIpc) is 2.75. The summed E-state index contributed by atoms with van der Waals surface area (Å²) in [5.41, 5.74) is 0. The average molecular weight is 237 g/mol. The van der Waals surface area contributed by atoms with Gasteiger partial charge in [-0.05, 0) is 44.4 Å². The Bertz CT molecular complexity index is 287. The molecule has 1 aliphatic heterocycles. The first-order chi connectivity index (χ1) is 8.00. The van der Waals surface area contributed by atoms with Crippen molar-refractivity contribution < 1.29 is 4.79 Å². The van der Waals surface area contributed by atoms with E-state index in [0.717, 1.165) is 12.3 Å². The van der Waals surface area contributed by atoms with E-state index in [9.17, 15) is 4.79 Å². The van der Waals surface area contributed by atoms with Gasteiger partial charge in [0.15, 0.2) is 0 Å². The summed E-state index contributed by atoms with van der Waals surface area (Å²) < 4.78 is 0. The number of amides is 1. The quantitative estimate of drug-likeness (QED) is 0.736. The van der Waals surface area contributed by atoms with E-state index in [4.69, 9.17) is 0 Å². The minimum atomic E-state index is 0.205. The lowest BCUT2D eigenvalue weighted by Crippen LogP contribution is -2.43. The van der Waals surface area contributed by atoms with Crippen LogP contribution in [0.25, 0.3) is 0 Å². The molecule has 1 saturated heterocycles. The Morgan fingerprint density at radius 2 is 2.00 bits per heavy atom. The lowest BCUT2D eigenvalue weighted by molar-refractivity contribution is -0.138. The number of fused-ring (bicyclic) bond motifs is 1. The van der Waals surface area contributed by atoms with Crippen molar-refractivity contribution in [3.8, 4) is 0 Å². The summed E-state index contributed by atoms with van der Waals surface area (Å²) >= 11 is 0. The molecule has 2 heteroatoms. The van der Waals surface area contributed by atoms with Crippen molar-refractivity contribution in [2.24, 2.45) is 17.8 Å². The van der Waals surface area contributed by atoms with Crippen LogP contribution in [0.5, 0.6) is 0 Å². The SMILES string of the molecule is CC(C)CC(C)C(=O)N1C2CCCC2C[C@H]1C. The van der Waals surface area contributed by atoms with E-state index in [-0.39, 0.29) is 5.92 Å². The van der Waals surface area contributed by atoms with Crippen molar-refractivity contribution in [3.63, 3.8) is 0 Å². The summed E-state index contributed by atoms with van der Waals surface area (Å²) in [6.45, 7) is 8.75. The number of carbonyl (C=O) groups is 1. The lowest BCUT2D eigenvalue weighted by atomic mass is 9.97. The number of rotatable bonds is 3. The molecule has 1 aliphatic carbocycles. The van der Waals surface area contributed by atoms with Crippen LogP contribution in [0.3, 0.4) is 0 Å². The van der Waals surface area contributed by atoms with Gasteiger partial charge in [0, 0.05) is 18.0 Å². The van der Waals surface area contributed by atoms with Crippen molar-refractivity contribution in [2.75, 3.05) is 0 Å². The van der Waals surface area contributed by atoms with Crippen LogP contribution in [0, 0.1) is 17.8 Å². The molecule has 0 radical (unpaired) electrons. The first kappa shape index (κ1) is 12.9. The van der Waals surface area contributed by atoms with Gasteiger partial charge in [0.25, 0.3) is 0 Å². The molecule has 0 bridgehead atoms. The second-order valence-electron chi connectivity index (χ2n) is 6.62. The van der Waals surface area contributed by atoms with Gasteiger partial charge < -0.3 is 4.90 Å². The molecule has 0 spiro atoms. The summed E-state index contributed by atoms with van der Waals surface area (Å²) in [7, 11) is 0. The van der Waals surface area contributed by atoms with Crippen LogP contribution in [-0.4, -0.2) is 22.9 Å². The Morgan fingerprint density at radius 3 is 2.65 bits per heavy atom. The van der Waals surface area contributed by atoms with Gasteiger partial charge in [-0.3, -0.25) is 4.79 Å². The zero-order valence-electron chi connectivity index (χ0n) is 11.8. The van der Waals surface area contributed by atoms with Crippen LogP contribution in [0.1, 0.15) is 59.8 Å². The molecule has 0 N–H and O–H groups in total. The van der Waals surface area contributed by atoms with Crippen LogP contribution >= 0.6 is 0 Å². The van der Waals surface area contributed by atoms with Gasteiger partial charge in [-0.2, -0.15) is 0 Å². The largest absolute Gasteiger partial charge is 0.336 e. The second-order valence-corrected chi connectivity index (χ2v) is 6.62. The van der Waals surface area contributed by atoms with Gasteiger partial charge in [0.05, 0.1) is 0 Å². The van der Waals surface area contributed by atoms with Gasteiger partial charge in [-0.15, -0.1) is 0 Å². The monoisotopic (exact) mass is 237 g/mol. The third kappa shape index (κ3) is 2.51. The maximum Gasteiger partial charge on any atom is 0.225 e. The maximum atomic E-state index is 12.6. The van der Waals surface area contributed by atoms with Crippen LogP contribution in [0.2, 0.25) is 0 Å². The van der Waals surface area contributed by atoms with E-state index in [1.807, 2.05) is 0 Å². The molecule has 0 aromatic carbocycles. The molecule has 1 heterocycles. The molecule has 1 amide bonds. The molecule has 4 atom stereocenters. The van der Waals surface area contributed by atoms with Gasteiger partial charge >= 0.3 is 0 Å². The predicted octanol–water partition coefficient (Wildman–Crippen LogP) is 3.46. The highest BCUT2D eigenvalue weighted by Gasteiger charge is 2.44. The Morgan fingerprint density at radius 1 is 1.29 bits per heavy atom. The molecule has 2 rings (SSSR count). The number of nitrogens with zero attached hydrogens (tertiary/aromatic N) is 1. The molecule has 0 aromatic heterocycles. The van der Waals surface area contributed by atoms with Gasteiger partial charge in [-0.25, -0.2) is 0 Å². The Kier molecular flexibility index (Phi) is 3.79. The molecule has 1 saturated carbocycles. The van der Waals surface area contributed by atoms with Crippen LogP contribution in [-0.2, 0) is 4.79 Å². The van der Waals surface area contributed by atoms with Crippen LogP contribution < -0.4 is 0 Å². The summed E-state index contributed by atoms with van der Waals surface area (Å²) in [6, 6.07) is 1.06. The normalized spacial score (nSPS) is 34.2. The van der Waals surface area contributed by atoms with E-state index in [1.165, 1.54) is 25.7 Å². The van der Waals surface area contributed by atoms with Crippen LogP contribution in [0.15, 0.2) is 0 Å². The highest BCUT2D eigenvalue weighted by molar-refractivity contribution is 5.79. The molecule has 2 fully saturated rings. The smallest absolute Gasteiger partial charge is 0.225 e. The number of likely N-dealkylation sites (tertiary alicyclic amines) is 1. The molecule has 98 valence electrons. The van der Waals surface area contributed by atoms with Gasteiger partial charge in [-0.1, -0.05) is 27.2 Å². The fourth-order valence-electron chi connectivity index (χ4n) is 3.98. The van der Waals surface area contributed by atoms with E-state index in [0.29, 0.717) is 23.9 Å². The van der Waals surface area contributed by atoms with E-state index in [1.54, 1.807) is 0 Å². The number of carbonyl (C=O) groups excluding carboxylic acids is 1. The lowest BCUT2D eigenvalue weighted by Gasteiger charge is -2.31. The van der Waals surface area contributed by atoms with E-state index in [2.05, 4.69) is 32.6 Å². The highest BCUT2D eigenvalue weighted by atomic mass is 16.2. The van der Waals surface area contributed by atoms with E-state index >= 15 is 0 Å². The molecule has 0 aromatic rings. The Hall–Kier alpha value is -0.530. The summed E-state index contributed by atoms with van der Waals surface area (Å²) in [4.78, 5) is 14.8. The number of hydrogen-bond donors (Lipinski definition) is 0.